The van der Waals surface area contributed by atoms with E-state index >= 15 is 0 Å². The molecule has 1 heterocycles. The van der Waals surface area contributed by atoms with Crippen LogP contribution in [-0.4, -0.2) is 18.0 Å². The summed E-state index contributed by atoms with van der Waals surface area (Å²) in [4.78, 5) is 13.9. The van der Waals surface area contributed by atoms with Crippen molar-refractivity contribution in [3.05, 3.63) is 29.8 Å². The van der Waals surface area contributed by atoms with Crippen LogP contribution in [0.5, 0.6) is 0 Å². The Morgan fingerprint density at radius 2 is 2.28 bits per heavy atom. The van der Waals surface area contributed by atoms with Crippen LogP contribution in [0.3, 0.4) is 0 Å². The molecule has 0 bridgehead atoms. The molecule has 4 heteroatoms. The van der Waals surface area contributed by atoms with Gasteiger partial charge in [-0.1, -0.05) is 6.07 Å². The molecule has 18 heavy (non-hydrogen) atoms. The first-order valence-corrected chi connectivity index (χ1v) is 6.04. The summed E-state index contributed by atoms with van der Waals surface area (Å²) in [5.74, 6) is 0.223. The molecule has 1 aliphatic rings. The molecule has 1 aromatic rings. The molecule has 2 rings (SSSR count). The third-order valence-corrected chi connectivity index (χ3v) is 3.76. The minimum Gasteiger partial charge on any atom is -0.330 e. The molecule has 1 fully saturated rings. The fourth-order valence-corrected chi connectivity index (χ4v) is 2.62. The molecule has 0 radical (unpaired) electrons. The largest absolute Gasteiger partial charge is 0.330 e. The summed E-state index contributed by atoms with van der Waals surface area (Å²) in [5.41, 5.74) is 6.77. The normalized spacial score (nSPS) is 22.0. The molecule has 0 saturated carbocycles. The maximum Gasteiger partial charge on any atom is 0.227 e. The molecular formula is C14H17N3O. The van der Waals surface area contributed by atoms with E-state index in [-0.39, 0.29) is 17.4 Å². The van der Waals surface area contributed by atoms with E-state index in [1.54, 1.807) is 23.1 Å². The van der Waals surface area contributed by atoms with Gasteiger partial charge in [-0.2, -0.15) is 5.26 Å². The highest BCUT2D eigenvalue weighted by Gasteiger charge is 2.46. The van der Waals surface area contributed by atoms with Crippen molar-refractivity contribution in [3.63, 3.8) is 0 Å². The summed E-state index contributed by atoms with van der Waals surface area (Å²) in [6.07, 6.45) is 0.473. The zero-order valence-corrected chi connectivity index (χ0v) is 10.7. The number of anilines is 1. The number of carbonyl (C=O) groups is 1. The molecule has 94 valence electrons. The maximum absolute atomic E-state index is 12.1. The summed E-state index contributed by atoms with van der Waals surface area (Å²) in [6.45, 7) is 4.54. The van der Waals surface area contributed by atoms with Crippen molar-refractivity contribution in [2.75, 3.05) is 11.4 Å². The van der Waals surface area contributed by atoms with Crippen molar-refractivity contribution in [3.8, 4) is 6.07 Å². The topological polar surface area (TPSA) is 70.1 Å². The highest BCUT2D eigenvalue weighted by Crippen LogP contribution is 2.38. The molecule has 2 N–H and O–H groups in total. The van der Waals surface area contributed by atoms with Crippen molar-refractivity contribution in [2.45, 2.75) is 25.8 Å². The Labute approximate surface area is 107 Å². The lowest BCUT2D eigenvalue weighted by molar-refractivity contribution is -0.117. The quantitative estimate of drug-likeness (QED) is 0.858. The molecule has 1 saturated heterocycles. The monoisotopic (exact) mass is 243 g/mol. The molecule has 1 aromatic carbocycles. The van der Waals surface area contributed by atoms with Crippen LogP contribution in [0.2, 0.25) is 0 Å². The van der Waals surface area contributed by atoms with Crippen LogP contribution >= 0.6 is 0 Å². The first-order chi connectivity index (χ1) is 8.50. The van der Waals surface area contributed by atoms with Gasteiger partial charge < -0.3 is 10.6 Å². The number of hydrogen-bond acceptors (Lipinski definition) is 3. The Kier molecular flexibility index (Phi) is 3.10. The number of nitrogens with two attached hydrogens (primary N) is 1. The lowest BCUT2D eigenvalue weighted by Gasteiger charge is -2.35. The van der Waals surface area contributed by atoms with Gasteiger partial charge in [0.2, 0.25) is 5.91 Å². The maximum atomic E-state index is 12.1. The molecule has 1 aliphatic heterocycles. The van der Waals surface area contributed by atoms with E-state index in [9.17, 15) is 4.79 Å². The molecule has 4 nitrogen and oxygen atoms in total. The predicted molar refractivity (Wildman–Crippen MR) is 69.9 cm³/mol. The summed E-state index contributed by atoms with van der Waals surface area (Å²) >= 11 is 0. The second kappa shape index (κ2) is 4.43. The third-order valence-electron chi connectivity index (χ3n) is 3.76. The predicted octanol–water partition coefficient (Wildman–Crippen LogP) is 1.65. The van der Waals surface area contributed by atoms with Gasteiger partial charge >= 0.3 is 0 Å². The van der Waals surface area contributed by atoms with Crippen LogP contribution < -0.4 is 10.6 Å². The van der Waals surface area contributed by atoms with Gasteiger partial charge in [0.25, 0.3) is 0 Å². The van der Waals surface area contributed by atoms with E-state index in [1.807, 2.05) is 19.9 Å². The van der Waals surface area contributed by atoms with Crippen LogP contribution in [-0.2, 0) is 4.79 Å². The number of carbonyl (C=O) groups excluding carboxylic acids is 1. The number of nitriles is 1. The molecule has 1 amide bonds. The van der Waals surface area contributed by atoms with Gasteiger partial charge in [0, 0.05) is 23.6 Å². The summed E-state index contributed by atoms with van der Waals surface area (Å²) in [7, 11) is 0. The van der Waals surface area contributed by atoms with Crippen LogP contribution in [0.15, 0.2) is 24.3 Å². The highest BCUT2D eigenvalue weighted by molar-refractivity contribution is 5.97. The standard InChI is InChI=1S/C14H17N3O/c1-14(2)11(9-16)7-13(18)17(14)12-5-3-4-10(6-12)8-15/h3-6,11H,7,9,16H2,1-2H3. The first kappa shape index (κ1) is 12.6. The third kappa shape index (κ3) is 1.87. The van der Waals surface area contributed by atoms with Gasteiger partial charge in [-0.25, -0.2) is 0 Å². The minimum atomic E-state index is -0.306. The SMILES string of the molecule is CC1(C)C(CN)CC(=O)N1c1cccc(C#N)c1. The lowest BCUT2D eigenvalue weighted by atomic mass is 9.88. The Bertz CT molecular complexity index is 516. The van der Waals surface area contributed by atoms with Crippen LogP contribution in [0, 0.1) is 17.2 Å². The van der Waals surface area contributed by atoms with Crippen LogP contribution in [0.4, 0.5) is 5.69 Å². The summed E-state index contributed by atoms with van der Waals surface area (Å²) < 4.78 is 0. The van der Waals surface area contributed by atoms with Crippen molar-refractivity contribution < 1.29 is 4.79 Å². The molecule has 0 aromatic heterocycles. The van der Waals surface area contributed by atoms with Gasteiger partial charge in [-0.15, -0.1) is 0 Å². The number of benzene rings is 1. The number of amides is 1. The zero-order chi connectivity index (χ0) is 13.3. The Morgan fingerprint density at radius 3 is 2.83 bits per heavy atom. The second-order valence-electron chi connectivity index (χ2n) is 5.18. The Balaban J connectivity index is 2.43. The highest BCUT2D eigenvalue weighted by atomic mass is 16.2. The lowest BCUT2D eigenvalue weighted by Crippen LogP contribution is -2.46. The number of nitrogens with zero attached hydrogens (tertiary/aromatic N) is 2. The average Bonchev–Trinajstić information content (AvgIpc) is 2.58. The number of hydrogen-bond donors (Lipinski definition) is 1. The number of rotatable bonds is 2. The van der Waals surface area contributed by atoms with E-state index < -0.39 is 0 Å². The van der Waals surface area contributed by atoms with Gasteiger partial charge in [0.05, 0.1) is 11.6 Å². The Hall–Kier alpha value is -1.86. The molecule has 1 atom stereocenters. The summed E-state index contributed by atoms with van der Waals surface area (Å²) in [5, 5.41) is 8.93. The summed E-state index contributed by atoms with van der Waals surface area (Å²) in [6, 6.07) is 9.24. The van der Waals surface area contributed by atoms with Gasteiger partial charge in [0.15, 0.2) is 0 Å². The van der Waals surface area contributed by atoms with E-state index in [4.69, 9.17) is 11.0 Å². The van der Waals surface area contributed by atoms with Gasteiger partial charge in [-0.3, -0.25) is 4.79 Å². The van der Waals surface area contributed by atoms with Crippen LogP contribution in [0.1, 0.15) is 25.8 Å². The van der Waals surface area contributed by atoms with E-state index in [0.717, 1.165) is 5.69 Å². The fourth-order valence-electron chi connectivity index (χ4n) is 2.62. The van der Waals surface area contributed by atoms with E-state index in [0.29, 0.717) is 18.5 Å². The van der Waals surface area contributed by atoms with Crippen molar-refractivity contribution >= 4 is 11.6 Å². The first-order valence-electron chi connectivity index (χ1n) is 6.04. The molecule has 0 aliphatic carbocycles. The van der Waals surface area contributed by atoms with Crippen molar-refractivity contribution in [1.29, 1.82) is 5.26 Å². The van der Waals surface area contributed by atoms with Crippen molar-refractivity contribution in [1.82, 2.24) is 0 Å². The Morgan fingerprint density at radius 1 is 1.56 bits per heavy atom. The smallest absolute Gasteiger partial charge is 0.227 e. The average molecular weight is 243 g/mol. The van der Waals surface area contributed by atoms with Crippen LogP contribution in [0.25, 0.3) is 0 Å². The molecular weight excluding hydrogens is 226 g/mol. The van der Waals surface area contributed by atoms with Gasteiger partial charge in [-0.05, 0) is 38.6 Å². The molecule has 0 spiro atoms. The van der Waals surface area contributed by atoms with Gasteiger partial charge in [0.1, 0.15) is 0 Å². The minimum absolute atomic E-state index is 0.0746. The second-order valence-corrected chi connectivity index (χ2v) is 5.18. The zero-order valence-electron chi connectivity index (χ0n) is 10.7. The fraction of sp³-hybridized carbons (Fsp3) is 0.429. The van der Waals surface area contributed by atoms with Crippen molar-refractivity contribution in [2.24, 2.45) is 11.7 Å². The van der Waals surface area contributed by atoms with E-state index in [2.05, 4.69) is 6.07 Å². The van der Waals surface area contributed by atoms with E-state index in [1.165, 1.54) is 0 Å². The molecule has 1 unspecified atom stereocenters.